The summed E-state index contributed by atoms with van der Waals surface area (Å²) in [5, 5.41) is 3.68. The van der Waals surface area contributed by atoms with Gasteiger partial charge in [-0.05, 0) is 62.9 Å². The minimum atomic E-state index is 0.697. The lowest BCUT2D eigenvalue weighted by atomic mass is 9.93. The lowest BCUT2D eigenvalue weighted by Crippen LogP contribution is -2.36. The number of rotatable bonds is 4. The van der Waals surface area contributed by atoms with Crippen molar-refractivity contribution in [1.29, 1.82) is 0 Å². The zero-order chi connectivity index (χ0) is 12.2. The van der Waals surface area contributed by atoms with E-state index in [2.05, 4.69) is 34.5 Å². The fourth-order valence-corrected chi connectivity index (χ4v) is 3.29. The van der Waals surface area contributed by atoms with Gasteiger partial charge in [-0.2, -0.15) is 0 Å². The quantitative estimate of drug-likeness (QED) is 0.876. The van der Waals surface area contributed by atoms with Crippen LogP contribution in [0.25, 0.3) is 0 Å². The third kappa shape index (κ3) is 2.93. The van der Waals surface area contributed by atoms with E-state index in [1.165, 1.54) is 57.3 Å². The molecule has 3 rings (SSSR count). The summed E-state index contributed by atoms with van der Waals surface area (Å²) in [5.74, 6) is 0. The van der Waals surface area contributed by atoms with Crippen LogP contribution in [0.4, 0.5) is 0 Å². The standard InChI is InChI=1S/C16H24N2/c1-2-7-15-13-17-16(12-14(15)6-1)8-5-11-18-9-3-4-10-18/h1-2,6-7,16-17H,3-5,8-13H2. The number of nitrogens with one attached hydrogen (secondary N) is 1. The molecule has 1 aromatic carbocycles. The van der Waals surface area contributed by atoms with Gasteiger partial charge in [0.25, 0.3) is 0 Å². The lowest BCUT2D eigenvalue weighted by Gasteiger charge is -2.26. The van der Waals surface area contributed by atoms with Gasteiger partial charge < -0.3 is 10.2 Å². The molecular formula is C16H24N2. The summed E-state index contributed by atoms with van der Waals surface area (Å²) in [6.07, 6.45) is 6.71. The van der Waals surface area contributed by atoms with E-state index < -0.39 is 0 Å². The van der Waals surface area contributed by atoms with Crippen LogP contribution < -0.4 is 5.32 Å². The summed E-state index contributed by atoms with van der Waals surface area (Å²) in [4.78, 5) is 2.62. The summed E-state index contributed by atoms with van der Waals surface area (Å²) < 4.78 is 0. The van der Waals surface area contributed by atoms with Crippen LogP contribution in [0.1, 0.15) is 36.8 Å². The summed E-state index contributed by atoms with van der Waals surface area (Å²) in [6.45, 7) is 5.03. The van der Waals surface area contributed by atoms with E-state index in [0.717, 1.165) is 6.54 Å². The second-order valence-electron chi connectivity index (χ2n) is 5.74. The molecule has 0 aromatic heterocycles. The van der Waals surface area contributed by atoms with E-state index >= 15 is 0 Å². The van der Waals surface area contributed by atoms with Crippen molar-refractivity contribution in [2.24, 2.45) is 0 Å². The van der Waals surface area contributed by atoms with E-state index in [-0.39, 0.29) is 0 Å². The first kappa shape index (κ1) is 12.2. The van der Waals surface area contributed by atoms with Crippen LogP contribution in [-0.2, 0) is 13.0 Å². The van der Waals surface area contributed by atoms with Gasteiger partial charge in [0, 0.05) is 12.6 Å². The molecule has 0 radical (unpaired) electrons. The van der Waals surface area contributed by atoms with E-state index in [4.69, 9.17) is 0 Å². The van der Waals surface area contributed by atoms with E-state index in [9.17, 15) is 0 Å². The number of hydrogen-bond acceptors (Lipinski definition) is 2. The van der Waals surface area contributed by atoms with Gasteiger partial charge >= 0.3 is 0 Å². The maximum Gasteiger partial charge on any atom is 0.0210 e. The normalized spacial score (nSPS) is 24.1. The van der Waals surface area contributed by atoms with Crippen molar-refractivity contribution in [3.05, 3.63) is 35.4 Å². The SMILES string of the molecule is c1ccc2c(c1)CNC(CCCN1CCCC1)C2. The highest BCUT2D eigenvalue weighted by atomic mass is 15.1. The predicted molar refractivity (Wildman–Crippen MR) is 75.7 cm³/mol. The van der Waals surface area contributed by atoms with Crippen molar-refractivity contribution in [3.8, 4) is 0 Å². The molecule has 0 bridgehead atoms. The molecule has 1 fully saturated rings. The Labute approximate surface area is 110 Å². The van der Waals surface area contributed by atoms with Gasteiger partial charge in [-0.25, -0.2) is 0 Å². The Morgan fingerprint density at radius 1 is 1.11 bits per heavy atom. The van der Waals surface area contributed by atoms with Crippen LogP contribution in [-0.4, -0.2) is 30.6 Å². The molecule has 0 aliphatic carbocycles. The zero-order valence-corrected chi connectivity index (χ0v) is 11.2. The molecule has 98 valence electrons. The highest BCUT2D eigenvalue weighted by molar-refractivity contribution is 5.29. The molecule has 1 atom stereocenters. The van der Waals surface area contributed by atoms with Crippen LogP contribution >= 0.6 is 0 Å². The molecule has 2 heteroatoms. The molecule has 2 aliphatic rings. The number of nitrogens with zero attached hydrogens (tertiary/aromatic N) is 1. The molecule has 1 aromatic rings. The van der Waals surface area contributed by atoms with E-state index in [1.54, 1.807) is 5.56 Å². The molecule has 0 spiro atoms. The van der Waals surface area contributed by atoms with E-state index in [1.807, 2.05) is 0 Å². The Bertz CT molecular complexity index is 382. The molecule has 2 heterocycles. The first-order valence-electron chi connectivity index (χ1n) is 7.44. The second-order valence-corrected chi connectivity index (χ2v) is 5.74. The fraction of sp³-hybridized carbons (Fsp3) is 0.625. The Hall–Kier alpha value is -0.860. The number of hydrogen-bond donors (Lipinski definition) is 1. The zero-order valence-electron chi connectivity index (χ0n) is 11.2. The summed E-state index contributed by atoms with van der Waals surface area (Å²) in [5.41, 5.74) is 3.05. The fourth-order valence-electron chi connectivity index (χ4n) is 3.29. The van der Waals surface area contributed by atoms with Crippen molar-refractivity contribution in [1.82, 2.24) is 10.2 Å². The highest BCUT2D eigenvalue weighted by Crippen LogP contribution is 2.19. The minimum Gasteiger partial charge on any atom is -0.310 e. The average molecular weight is 244 g/mol. The second kappa shape index (κ2) is 5.85. The monoisotopic (exact) mass is 244 g/mol. The molecule has 2 aliphatic heterocycles. The molecule has 1 N–H and O–H groups in total. The number of fused-ring (bicyclic) bond motifs is 1. The first-order valence-corrected chi connectivity index (χ1v) is 7.44. The Kier molecular flexibility index (Phi) is 3.96. The van der Waals surface area contributed by atoms with Gasteiger partial charge in [-0.1, -0.05) is 24.3 Å². The van der Waals surface area contributed by atoms with Crippen LogP contribution in [0.15, 0.2) is 24.3 Å². The topological polar surface area (TPSA) is 15.3 Å². The Morgan fingerprint density at radius 3 is 2.72 bits per heavy atom. The van der Waals surface area contributed by atoms with Crippen LogP contribution in [0.3, 0.4) is 0 Å². The summed E-state index contributed by atoms with van der Waals surface area (Å²) >= 11 is 0. The maximum absolute atomic E-state index is 3.68. The van der Waals surface area contributed by atoms with Gasteiger partial charge in [-0.15, -0.1) is 0 Å². The molecular weight excluding hydrogens is 220 g/mol. The summed E-state index contributed by atoms with van der Waals surface area (Å²) in [6, 6.07) is 9.56. The van der Waals surface area contributed by atoms with Crippen molar-refractivity contribution in [2.45, 2.75) is 44.7 Å². The smallest absolute Gasteiger partial charge is 0.0210 e. The van der Waals surface area contributed by atoms with Crippen molar-refractivity contribution in [2.75, 3.05) is 19.6 Å². The van der Waals surface area contributed by atoms with Crippen molar-refractivity contribution < 1.29 is 0 Å². The van der Waals surface area contributed by atoms with Gasteiger partial charge in [0.15, 0.2) is 0 Å². The Morgan fingerprint density at radius 2 is 1.89 bits per heavy atom. The van der Waals surface area contributed by atoms with Crippen molar-refractivity contribution >= 4 is 0 Å². The van der Waals surface area contributed by atoms with Gasteiger partial charge in [0.05, 0.1) is 0 Å². The predicted octanol–water partition coefficient (Wildman–Crippen LogP) is 2.58. The van der Waals surface area contributed by atoms with Crippen molar-refractivity contribution in [3.63, 3.8) is 0 Å². The molecule has 0 amide bonds. The number of benzene rings is 1. The van der Waals surface area contributed by atoms with Gasteiger partial charge in [-0.3, -0.25) is 0 Å². The maximum atomic E-state index is 3.68. The first-order chi connectivity index (χ1) is 8.92. The molecule has 18 heavy (non-hydrogen) atoms. The van der Waals surface area contributed by atoms with Crippen LogP contribution in [0.5, 0.6) is 0 Å². The van der Waals surface area contributed by atoms with Gasteiger partial charge in [0.2, 0.25) is 0 Å². The Balaban J connectivity index is 1.44. The number of likely N-dealkylation sites (tertiary alicyclic amines) is 1. The average Bonchev–Trinajstić information content (AvgIpc) is 2.92. The van der Waals surface area contributed by atoms with Crippen LogP contribution in [0, 0.1) is 0 Å². The lowest BCUT2D eigenvalue weighted by molar-refractivity contribution is 0.315. The highest BCUT2D eigenvalue weighted by Gasteiger charge is 2.18. The van der Waals surface area contributed by atoms with Crippen LogP contribution in [0.2, 0.25) is 0 Å². The third-order valence-corrected chi connectivity index (χ3v) is 4.39. The van der Waals surface area contributed by atoms with E-state index in [0.29, 0.717) is 6.04 Å². The molecule has 2 nitrogen and oxygen atoms in total. The molecule has 0 saturated carbocycles. The van der Waals surface area contributed by atoms with Gasteiger partial charge in [0.1, 0.15) is 0 Å². The molecule has 1 unspecified atom stereocenters. The largest absolute Gasteiger partial charge is 0.310 e. The molecule has 1 saturated heterocycles. The summed E-state index contributed by atoms with van der Waals surface area (Å²) in [7, 11) is 0. The third-order valence-electron chi connectivity index (χ3n) is 4.39. The minimum absolute atomic E-state index is 0.697.